The van der Waals surface area contributed by atoms with Crippen LogP contribution in [0.15, 0.2) is 53.5 Å². The SMILES string of the molecule is CN=C(NCC1CCCOC1c1ccc(C)cc1)NC(C)c1cccc(N2CCCC2)c1.I. The van der Waals surface area contributed by atoms with Crippen molar-refractivity contribution in [2.24, 2.45) is 10.9 Å². The molecule has 2 heterocycles. The summed E-state index contributed by atoms with van der Waals surface area (Å²) in [5.41, 5.74) is 5.18. The van der Waals surface area contributed by atoms with E-state index in [2.05, 4.69) is 82.9 Å². The van der Waals surface area contributed by atoms with Gasteiger partial charge in [-0.2, -0.15) is 0 Å². The summed E-state index contributed by atoms with van der Waals surface area (Å²) in [6.07, 6.45) is 5.01. The molecule has 3 unspecified atom stereocenters. The Kier molecular flexibility index (Phi) is 9.86. The number of benzene rings is 2. The van der Waals surface area contributed by atoms with Gasteiger partial charge in [0.25, 0.3) is 0 Å². The quantitative estimate of drug-likeness (QED) is 0.273. The minimum Gasteiger partial charge on any atom is -0.373 e. The Morgan fingerprint density at radius 3 is 2.61 bits per heavy atom. The Hall–Kier alpha value is -1.80. The number of aliphatic imine (C=N–C) groups is 1. The normalized spacial score (nSPS) is 21.9. The summed E-state index contributed by atoms with van der Waals surface area (Å²) in [5, 5.41) is 7.15. The summed E-state index contributed by atoms with van der Waals surface area (Å²) >= 11 is 0. The number of guanidine groups is 1. The third kappa shape index (κ3) is 6.85. The fraction of sp³-hybridized carbons (Fsp3) is 0.519. The summed E-state index contributed by atoms with van der Waals surface area (Å²) in [4.78, 5) is 6.97. The van der Waals surface area contributed by atoms with Crippen LogP contribution in [0.1, 0.15) is 61.4 Å². The Bertz CT molecular complexity index is 895. The topological polar surface area (TPSA) is 48.9 Å². The van der Waals surface area contributed by atoms with Gasteiger partial charge in [-0.15, -0.1) is 24.0 Å². The number of hydrogen-bond donors (Lipinski definition) is 2. The summed E-state index contributed by atoms with van der Waals surface area (Å²) in [5.74, 6) is 1.27. The van der Waals surface area contributed by atoms with Crippen molar-refractivity contribution in [3.8, 4) is 0 Å². The lowest BCUT2D eigenvalue weighted by atomic mass is 9.89. The van der Waals surface area contributed by atoms with Gasteiger partial charge in [0.05, 0.1) is 12.1 Å². The number of nitrogens with one attached hydrogen (secondary N) is 2. The molecule has 33 heavy (non-hydrogen) atoms. The summed E-state index contributed by atoms with van der Waals surface area (Å²) in [6.45, 7) is 8.35. The van der Waals surface area contributed by atoms with E-state index in [-0.39, 0.29) is 36.1 Å². The highest BCUT2D eigenvalue weighted by atomic mass is 127. The zero-order valence-electron chi connectivity index (χ0n) is 20.2. The van der Waals surface area contributed by atoms with Crippen molar-refractivity contribution in [1.29, 1.82) is 0 Å². The van der Waals surface area contributed by atoms with Gasteiger partial charge in [0.1, 0.15) is 0 Å². The number of anilines is 1. The van der Waals surface area contributed by atoms with E-state index in [1.807, 2.05) is 7.05 Å². The molecule has 0 saturated carbocycles. The number of hydrogen-bond acceptors (Lipinski definition) is 3. The Labute approximate surface area is 216 Å². The first kappa shape index (κ1) is 25.8. The molecule has 0 bridgehead atoms. The minimum absolute atomic E-state index is 0. The van der Waals surface area contributed by atoms with E-state index in [1.54, 1.807) is 0 Å². The molecular weight excluding hydrogens is 523 g/mol. The second kappa shape index (κ2) is 12.6. The van der Waals surface area contributed by atoms with E-state index in [0.717, 1.165) is 32.0 Å². The van der Waals surface area contributed by atoms with Crippen LogP contribution in [0.3, 0.4) is 0 Å². The first-order valence-corrected chi connectivity index (χ1v) is 12.1. The first-order chi connectivity index (χ1) is 15.6. The number of nitrogens with zero attached hydrogens (tertiary/aromatic N) is 2. The Balaban J connectivity index is 0.00000306. The second-order valence-electron chi connectivity index (χ2n) is 9.21. The lowest BCUT2D eigenvalue weighted by molar-refractivity contribution is -0.0265. The second-order valence-corrected chi connectivity index (χ2v) is 9.21. The Morgan fingerprint density at radius 2 is 1.88 bits per heavy atom. The molecule has 2 aromatic carbocycles. The third-order valence-electron chi connectivity index (χ3n) is 6.80. The maximum Gasteiger partial charge on any atom is 0.191 e. The van der Waals surface area contributed by atoms with E-state index in [4.69, 9.17) is 4.74 Å². The van der Waals surface area contributed by atoms with Gasteiger partial charge in [-0.3, -0.25) is 4.99 Å². The highest BCUT2D eigenvalue weighted by molar-refractivity contribution is 14.0. The van der Waals surface area contributed by atoms with Crippen molar-refractivity contribution < 1.29 is 4.74 Å². The molecule has 2 saturated heterocycles. The van der Waals surface area contributed by atoms with E-state index in [0.29, 0.717) is 5.92 Å². The van der Waals surface area contributed by atoms with Crippen molar-refractivity contribution in [2.75, 3.05) is 38.2 Å². The van der Waals surface area contributed by atoms with E-state index >= 15 is 0 Å². The molecule has 2 aliphatic rings. The van der Waals surface area contributed by atoms with Gasteiger partial charge in [0.15, 0.2) is 5.96 Å². The molecule has 0 radical (unpaired) electrons. The molecule has 5 nitrogen and oxygen atoms in total. The lowest BCUT2D eigenvalue weighted by Crippen LogP contribution is -2.42. The molecule has 0 aliphatic carbocycles. The molecule has 0 amide bonds. The van der Waals surface area contributed by atoms with E-state index < -0.39 is 0 Å². The predicted molar refractivity (Wildman–Crippen MR) is 149 cm³/mol. The minimum atomic E-state index is 0. The molecule has 6 heteroatoms. The average Bonchev–Trinajstić information content (AvgIpc) is 3.38. The molecular formula is C27H39IN4O. The van der Waals surface area contributed by atoms with Crippen LogP contribution < -0.4 is 15.5 Å². The molecule has 180 valence electrons. The summed E-state index contributed by atoms with van der Waals surface area (Å²) < 4.78 is 6.19. The highest BCUT2D eigenvalue weighted by Gasteiger charge is 2.27. The largest absolute Gasteiger partial charge is 0.373 e. The molecule has 0 aromatic heterocycles. The van der Waals surface area contributed by atoms with Crippen molar-refractivity contribution in [3.63, 3.8) is 0 Å². The number of halogens is 1. The monoisotopic (exact) mass is 562 g/mol. The van der Waals surface area contributed by atoms with Crippen molar-refractivity contribution in [3.05, 3.63) is 65.2 Å². The van der Waals surface area contributed by atoms with E-state index in [1.165, 1.54) is 48.3 Å². The van der Waals surface area contributed by atoms with Crippen molar-refractivity contribution >= 4 is 35.6 Å². The average molecular weight is 563 g/mol. The number of aryl methyl sites for hydroxylation is 1. The third-order valence-corrected chi connectivity index (χ3v) is 6.80. The standard InChI is InChI=1S/C27H38N4O.HI/c1-20-11-13-22(14-12-20)26-24(9-7-17-32-26)19-29-27(28-3)30-21(2)23-8-6-10-25(18-23)31-15-4-5-16-31;/h6,8,10-14,18,21,24,26H,4-5,7,9,15-17,19H2,1-3H3,(H2,28,29,30);1H. The smallest absolute Gasteiger partial charge is 0.191 e. The van der Waals surface area contributed by atoms with Gasteiger partial charge in [-0.1, -0.05) is 42.0 Å². The maximum atomic E-state index is 6.19. The fourth-order valence-electron chi connectivity index (χ4n) is 4.85. The maximum absolute atomic E-state index is 6.19. The van der Waals surface area contributed by atoms with Gasteiger partial charge in [-0.05, 0) is 62.8 Å². The van der Waals surface area contributed by atoms with Crippen molar-refractivity contribution in [1.82, 2.24) is 10.6 Å². The zero-order valence-corrected chi connectivity index (χ0v) is 22.5. The fourth-order valence-corrected chi connectivity index (χ4v) is 4.85. The van der Waals surface area contributed by atoms with Crippen LogP contribution >= 0.6 is 24.0 Å². The van der Waals surface area contributed by atoms with Crippen LogP contribution in [0.4, 0.5) is 5.69 Å². The van der Waals surface area contributed by atoms with Gasteiger partial charge in [-0.25, -0.2) is 0 Å². The van der Waals surface area contributed by atoms with Gasteiger partial charge >= 0.3 is 0 Å². The Morgan fingerprint density at radius 1 is 1.12 bits per heavy atom. The molecule has 2 N–H and O–H groups in total. The highest BCUT2D eigenvalue weighted by Crippen LogP contribution is 2.33. The predicted octanol–water partition coefficient (Wildman–Crippen LogP) is 5.61. The van der Waals surface area contributed by atoms with Crippen LogP contribution in [-0.2, 0) is 4.74 Å². The number of rotatable bonds is 6. The van der Waals surface area contributed by atoms with Crippen LogP contribution in [0.5, 0.6) is 0 Å². The van der Waals surface area contributed by atoms with Crippen LogP contribution in [0, 0.1) is 12.8 Å². The molecule has 2 fully saturated rings. The summed E-state index contributed by atoms with van der Waals surface area (Å²) in [6, 6.07) is 17.9. The van der Waals surface area contributed by atoms with Gasteiger partial charge in [0.2, 0.25) is 0 Å². The van der Waals surface area contributed by atoms with Crippen LogP contribution in [0.25, 0.3) is 0 Å². The van der Waals surface area contributed by atoms with Crippen LogP contribution in [0.2, 0.25) is 0 Å². The van der Waals surface area contributed by atoms with Gasteiger partial charge < -0.3 is 20.3 Å². The molecule has 2 aliphatic heterocycles. The zero-order chi connectivity index (χ0) is 22.3. The van der Waals surface area contributed by atoms with Crippen molar-refractivity contribution in [2.45, 2.75) is 51.7 Å². The molecule has 4 rings (SSSR count). The van der Waals surface area contributed by atoms with Crippen LogP contribution in [-0.4, -0.2) is 39.2 Å². The number of ether oxygens (including phenoxy) is 1. The molecule has 3 atom stereocenters. The van der Waals surface area contributed by atoms with Gasteiger partial charge in [0, 0.05) is 44.9 Å². The summed E-state index contributed by atoms with van der Waals surface area (Å²) in [7, 11) is 1.84. The molecule has 2 aromatic rings. The molecule has 0 spiro atoms. The lowest BCUT2D eigenvalue weighted by Gasteiger charge is -2.33. The van der Waals surface area contributed by atoms with E-state index in [9.17, 15) is 0 Å². The first-order valence-electron chi connectivity index (χ1n) is 12.1.